The molecule has 1 fully saturated rings. The van der Waals surface area contributed by atoms with Gasteiger partial charge < -0.3 is 9.84 Å². The monoisotopic (exact) mass is 262 g/mol. The molecule has 2 rings (SSSR count). The third kappa shape index (κ3) is 2.22. The summed E-state index contributed by atoms with van der Waals surface area (Å²) >= 11 is 0. The molecule has 0 bridgehead atoms. The first-order valence-electron chi connectivity index (χ1n) is 6.79. The summed E-state index contributed by atoms with van der Waals surface area (Å²) in [5, 5.41) is 9.63. The molecule has 1 aromatic rings. The van der Waals surface area contributed by atoms with E-state index in [4.69, 9.17) is 4.74 Å². The van der Waals surface area contributed by atoms with Gasteiger partial charge in [0.1, 0.15) is 5.75 Å². The summed E-state index contributed by atoms with van der Waals surface area (Å²) in [5.41, 5.74) is 1.20. The lowest BCUT2D eigenvalue weighted by Crippen LogP contribution is -2.49. The third-order valence-electron chi connectivity index (χ3n) is 4.53. The van der Waals surface area contributed by atoms with E-state index in [0.29, 0.717) is 11.8 Å². The molecule has 104 valence electrons. The van der Waals surface area contributed by atoms with Crippen molar-refractivity contribution in [1.82, 2.24) is 0 Å². The SMILES string of the molecule is COc1cc(C2(C(=O)O)CC(C(C)C)C2)ccc1C. The number of carboxylic acid groups (broad SMARTS) is 1. The van der Waals surface area contributed by atoms with Crippen LogP contribution in [-0.2, 0) is 10.2 Å². The maximum absolute atomic E-state index is 11.7. The molecular formula is C16H22O3. The van der Waals surface area contributed by atoms with Crippen LogP contribution in [0.15, 0.2) is 18.2 Å². The Bertz CT molecular complexity index is 485. The van der Waals surface area contributed by atoms with Crippen molar-refractivity contribution in [2.45, 2.75) is 39.0 Å². The van der Waals surface area contributed by atoms with E-state index in [1.54, 1.807) is 7.11 Å². The average molecular weight is 262 g/mol. The van der Waals surface area contributed by atoms with Gasteiger partial charge in [0.2, 0.25) is 0 Å². The standard InChI is InChI=1S/C16H22O3/c1-10(2)12-8-16(9-12,15(17)18)13-6-5-11(3)14(7-13)19-4/h5-7,10,12H,8-9H2,1-4H3,(H,17,18). The van der Waals surface area contributed by atoms with Crippen LogP contribution in [0.3, 0.4) is 0 Å². The van der Waals surface area contributed by atoms with E-state index in [0.717, 1.165) is 29.7 Å². The highest BCUT2D eigenvalue weighted by atomic mass is 16.5. The van der Waals surface area contributed by atoms with Crippen LogP contribution in [0.4, 0.5) is 0 Å². The largest absolute Gasteiger partial charge is 0.496 e. The van der Waals surface area contributed by atoms with Crippen molar-refractivity contribution < 1.29 is 14.6 Å². The molecule has 0 saturated heterocycles. The topological polar surface area (TPSA) is 46.5 Å². The van der Waals surface area contributed by atoms with Crippen molar-refractivity contribution in [1.29, 1.82) is 0 Å². The number of aliphatic carboxylic acids is 1. The van der Waals surface area contributed by atoms with Crippen LogP contribution in [0.5, 0.6) is 5.75 Å². The van der Waals surface area contributed by atoms with Gasteiger partial charge in [-0.2, -0.15) is 0 Å². The number of carbonyl (C=O) groups is 1. The molecule has 0 unspecified atom stereocenters. The second kappa shape index (κ2) is 4.87. The van der Waals surface area contributed by atoms with Gasteiger partial charge in [-0.15, -0.1) is 0 Å². The summed E-state index contributed by atoms with van der Waals surface area (Å²) in [6.07, 6.45) is 1.46. The van der Waals surface area contributed by atoms with Crippen LogP contribution in [0.2, 0.25) is 0 Å². The lowest BCUT2D eigenvalue weighted by molar-refractivity contribution is -0.150. The number of carboxylic acids is 1. The van der Waals surface area contributed by atoms with Crippen LogP contribution < -0.4 is 4.74 Å². The molecular weight excluding hydrogens is 240 g/mol. The quantitative estimate of drug-likeness (QED) is 0.904. The van der Waals surface area contributed by atoms with Crippen molar-refractivity contribution in [3.63, 3.8) is 0 Å². The molecule has 1 aliphatic rings. The number of ether oxygens (including phenoxy) is 1. The van der Waals surface area contributed by atoms with Crippen LogP contribution in [0, 0.1) is 18.8 Å². The molecule has 0 atom stereocenters. The molecule has 19 heavy (non-hydrogen) atoms. The molecule has 0 spiro atoms. The van der Waals surface area contributed by atoms with E-state index in [1.807, 2.05) is 25.1 Å². The lowest BCUT2D eigenvalue weighted by atomic mass is 9.56. The zero-order valence-corrected chi connectivity index (χ0v) is 12.1. The fourth-order valence-electron chi connectivity index (χ4n) is 2.96. The fraction of sp³-hybridized carbons (Fsp3) is 0.562. The summed E-state index contributed by atoms with van der Waals surface area (Å²) in [7, 11) is 1.62. The summed E-state index contributed by atoms with van der Waals surface area (Å²) in [6.45, 7) is 6.28. The zero-order valence-electron chi connectivity index (χ0n) is 12.1. The third-order valence-corrected chi connectivity index (χ3v) is 4.53. The van der Waals surface area contributed by atoms with Gasteiger partial charge in [0.15, 0.2) is 0 Å². The maximum Gasteiger partial charge on any atom is 0.314 e. The predicted molar refractivity (Wildman–Crippen MR) is 74.6 cm³/mol. The van der Waals surface area contributed by atoms with Crippen LogP contribution in [-0.4, -0.2) is 18.2 Å². The minimum absolute atomic E-state index is 0.503. The minimum Gasteiger partial charge on any atom is -0.496 e. The molecule has 0 heterocycles. The highest BCUT2D eigenvalue weighted by Crippen LogP contribution is 2.51. The van der Waals surface area contributed by atoms with Gasteiger partial charge in [0.25, 0.3) is 0 Å². The Hall–Kier alpha value is -1.51. The van der Waals surface area contributed by atoms with Crippen molar-refractivity contribution >= 4 is 5.97 Å². The Morgan fingerprint density at radius 1 is 1.42 bits per heavy atom. The normalized spacial score (nSPS) is 26.1. The summed E-state index contributed by atoms with van der Waals surface area (Å²) in [5.74, 6) is 1.10. The number of benzene rings is 1. The first-order chi connectivity index (χ1) is 8.90. The Kier molecular flexibility index (Phi) is 3.57. The highest BCUT2D eigenvalue weighted by molar-refractivity contribution is 5.83. The number of rotatable bonds is 4. The van der Waals surface area contributed by atoms with E-state index in [-0.39, 0.29) is 0 Å². The van der Waals surface area contributed by atoms with Crippen LogP contribution in [0.1, 0.15) is 37.8 Å². The molecule has 3 heteroatoms. The summed E-state index contributed by atoms with van der Waals surface area (Å²) < 4.78 is 5.31. The van der Waals surface area contributed by atoms with Gasteiger partial charge in [0, 0.05) is 0 Å². The zero-order chi connectivity index (χ0) is 14.2. The Labute approximate surface area is 114 Å². The first kappa shape index (κ1) is 13.9. The van der Waals surface area contributed by atoms with E-state index in [1.165, 1.54) is 0 Å². The highest BCUT2D eigenvalue weighted by Gasteiger charge is 2.52. The maximum atomic E-state index is 11.7. The van der Waals surface area contributed by atoms with Crippen molar-refractivity contribution in [2.24, 2.45) is 11.8 Å². The predicted octanol–water partition coefficient (Wildman–Crippen LogP) is 3.39. The minimum atomic E-state index is -0.713. The van der Waals surface area contributed by atoms with Crippen LogP contribution in [0.25, 0.3) is 0 Å². The smallest absolute Gasteiger partial charge is 0.314 e. The number of aryl methyl sites for hydroxylation is 1. The Balaban J connectivity index is 2.34. The van der Waals surface area contributed by atoms with E-state index >= 15 is 0 Å². The molecule has 1 aromatic carbocycles. The molecule has 0 aliphatic heterocycles. The van der Waals surface area contributed by atoms with Crippen molar-refractivity contribution in [2.75, 3.05) is 7.11 Å². The lowest BCUT2D eigenvalue weighted by Gasteiger charge is -2.47. The molecule has 1 saturated carbocycles. The number of hydrogen-bond donors (Lipinski definition) is 1. The molecule has 0 aromatic heterocycles. The van der Waals surface area contributed by atoms with E-state index in [2.05, 4.69) is 13.8 Å². The summed E-state index contributed by atoms with van der Waals surface area (Å²) in [6, 6.07) is 5.77. The average Bonchev–Trinajstić information content (AvgIpc) is 2.28. The van der Waals surface area contributed by atoms with Gasteiger partial charge in [-0.05, 0) is 48.8 Å². The molecule has 3 nitrogen and oxygen atoms in total. The molecule has 0 amide bonds. The van der Waals surface area contributed by atoms with Gasteiger partial charge in [-0.25, -0.2) is 0 Å². The Morgan fingerprint density at radius 2 is 2.05 bits per heavy atom. The van der Waals surface area contributed by atoms with E-state index in [9.17, 15) is 9.90 Å². The summed E-state index contributed by atoms with van der Waals surface area (Å²) in [4.78, 5) is 11.7. The van der Waals surface area contributed by atoms with Crippen molar-refractivity contribution in [3.05, 3.63) is 29.3 Å². The molecule has 0 radical (unpaired) electrons. The second-order valence-corrected chi connectivity index (χ2v) is 5.98. The number of hydrogen-bond acceptors (Lipinski definition) is 2. The van der Waals surface area contributed by atoms with E-state index < -0.39 is 11.4 Å². The molecule has 1 aliphatic carbocycles. The van der Waals surface area contributed by atoms with Crippen molar-refractivity contribution in [3.8, 4) is 5.75 Å². The fourth-order valence-corrected chi connectivity index (χ4v) is 2.96. The van der Waals surface area contributed by atoms with Gasteiger partial charge in [0.05, 0.1) is 12.5 Å². The first-order valence-corrected chi connectivity index (χ1v) is 6.79. The van der Waals surface area contributed by atoms with Gasteiger partial charge in [-0.1, -0.05) is 26.0 Å². The van der Waals surface area contributed by atoms with Crippen LogP contribution >= 0.6 is 0 Å². The van der Waals surface area contributed by atoms with Gasteiger partial charge >= 0.3 is 5.97 Å². The second-order valence-electron chi connectivity index (χ2n) is 5.98. The van der Waals surface area contributed by atoms with Gasteiger partial charge in [-0.3, -0.25) is 4.79 Å². The Morgan fingerprint density at radius 3 is 2.53 bits per heavy atom. The number of methoxy groups -OCH3 is 1. The molecule has 1 N–H and O–H groups in total.